The number of hydrogen-bond acceptors (Lipinski definition) is 3. The van der Waals surface area contributed by atoms with E-state index in [9.17, 15) is 4.79 Å². The normalized spacial score (nSPS) is 21.3. The second-order valence-electron chi connectivity index (χ2n) is 8.50. The van der Waals surface area contributed by atoms with Crippen LogP contribution in [0.3, 0.4) is 0 Å². The molecular weight excluding hydrogens is 381 g/mol. The molecule has 2 aliphatic rings. The summed E-state index contributed by atoms with van der Waals surface area (Å²) in [5, 5.41) is 0.974. The van der Waals surface area contributed by atoms with Crippen LogP contribution in [0.1, 0.15) is 60.6 Å². The Bertz CT molecular complexity index is 849. The third-order valence-electron chi connectivity index (χ3n) is 5.81. The fourth-order valence-electron chi connectivity index (χ4n) is 3.84. The Morgan fingerprint density at radius 2 is 1.89 bits per heavy atom. The van der Waals surface area contributed by atoms with Crippen LogP contribution in [-0.2, 0) is 0 Å². The third kappa shape index (κ3) is 4.23. The summed E-state index contributed by atoms with van der Waals surface area (Å²) in [6, 6.07) is 8.40. The van der Waals surface area contributed by atoms with Crippen LogP contribution < -0.4 is 5.73 Å². The monoisotopic (exact) mass is 409 g/mol. The predicted octanol–water partition coefficient (Wildman–Crippen LogP) is 4.46. The molecule has 1 unspecified atom stereocenters. The summed E-state index contributed by atoms with van der Waals surface area (Å²) in [7, 11) is 0. The number of aryl methyl sites for hydroxylation is 1. The zero-order valence-corrected chi connectivity index (χ0v) is 17.8. The molecule has 1 aliphatic heterocycles. The first-order chi connectivity index (χ1) is 11.8. The molecule has 0 bridgehead atoms. The van der Waals surface area contributed by atoms with Crippen LogP contribution in [0.2, 0.25) is 0 Å². The maximum atomic E-state index is 13.4. The highest BCUT2D eigenvalue weighted by molar-refractivity contribution is 6.06. The Hall–Kier alpha value is -1.36. The lowest BCUT2D eigenvalue weighted by Crippen LogP contribution is -2.54. The van der Waals surface area contributed by atoms with E-state index in [0.717, 1.165) is 40.7 Å². The molecule has 2 fully saturated rings. The first kappa shape index (κ1) is 21.9. The number of carbonyl (C=O) groups excluding carboxylic acids is 1. The number of nitrogens with two attached hydrogens (primary N) is 1. The number of piperidine rings is 1. The topological polar surface area (TPSA) is 59.2 Å². The van der Waals surface area contributed by atoms with Crippen LogP contribution in [0.4, 0.5) is 0 Å². The number of amides is 1. The van der Waals surface area contributed by atoms with Crippen LogP contribution in [0.15, 0.2) is 24.3 Å². The number of aromatic nitrogens is 1. The second-order valence-corrected chi connectivity index (χ2v) is 8.50. The molecule has 0 radical (unpaired) electrons. The third-order valence-corrected chi connectivity index (χ3v) is 5.81. The fourth-order valence-corrected chi connectivity index (χ4v) is 3.84. The number of fused-ring (bicyclic) bond motifs is 1. The number of hydrogen-bond donors (Lipinski definition) is 1. The van der Waals surface area contributed by atoms with Gasteiger partial charge >= 0.3 is 0 Å². The smallest absolute Gasteiger partial charge is 0.254 e. The maximum absolute atomic E-state index is 13.4. The van der Waals surface area contributed by atoms with Gasteiger partial charge in [0, 0.05) is 36.1 Å². The average molecular weight is 410 g/mol. The number of benzene rings is 1. The average Bonchev–Trinajstić information content (AvgIpc) is 3.40. The van der Waals surface area contributed by atoms with Gasteiger partial charge in [0.1, 0.15) is 0 Å². The van der Waals surface area contributed by atoms with Crippen LogP contribution in [-0.4, -0.2) is 34.9 Å². The summed E-state index contributed by atoms with van der Waals surface area (Å²) >= 11 is 0. The maximum Gasteiger partial charge on any atom is 0.254 e. The minimum Gasteiger partial charge on any atom is -0.338 e. The summed E-state index contributed by atoms with van der Waals surface area (Å²) in [5.74, 6) is 0.656. The molecule has 148 valence electrons. The van der Waals surface area contributed by atoms with Crippen molar-refractivity contribution >= 4 is 41.6 Å². The van der Waals surface area contributed by atoms with Crippen molar-refractivity contribution in [3.63, 3.8) is 0 Å². The molecule has 1 amide bonds. The van der Waals surface area contributed by atoms with Gasteiger partial charge in [0.15, 0.2) is 0 Å². The van der Waals surface area contributed by atoms with E-state index >= 15 is 0 Å². The van der Waals surface area contributed by atoms with Gasteiger partial charge in [0.2, 0.25) is 0 Å². The molecule has 0 spiro atoms. The number of halogens is 2. The molecule has 6 heteroatoms. The molecule has 4 rings (SSSR count). The highest BCUT2D eigenvalue weighted by atomic mass is 35.5. The molecule has 1 saturated carbocycles. The van der Waals surface area contributed by atoms with E-state index in [2.05, 4.69) is 32.9 Å². The molecule has 2 N–H and O–H groups in total. The Kier molecular flexibility index (Phi) is 6.45. The van der Waals surface area contributed by atoms with Gasteiger partial charge < -0.3 is 10.6 Å². The standard InChI is InChI=1S/C21H27N3O.2ClH/c1-13-4-7-17-15(10-13)16(11-18(23-17)14-5-6-14)20(25)24-9-8-19(22)21(2,3)12-24;;/h4,7,10-11,14,19H,5-6,8-9,12,22H2,1-3H3;2*1H. The van der Waals surface area contributed by atoms with Crippen molar-refractivity contribution in [1.29, 1.82) is 0 Å². The number of carbonyl (C=O) groups is 1. The quantitative estimate of drug-likeness (QED) is 0.795. The molecule has 4 nitrogen and oxygen atoms in total. The molecule has 27 heavy (non-hydrogen) atoms. The van der Waals surface area contributed by atoms with Gasteiger partial charge in [-0.1, -0.05) is 25.5 Å². The van der Waals surface area contributed by atoms with Gasteiger partial charge in [-0.25, -0.2) is 0 Å². The van der Waals surface area contributed by atoms with Crippen LogP contribution in [0, 0.1) is 12.3 Å². The number of likely N-dealkylation sites (tertiary alicyclic amines) is 1. The molecule has 1 aliphatic carbocycles. The lowest BCUT2D eigenvalue weighted by Gasteiger charge is -2.42. The molecule has 1 aromatic carbocycles. The molecule has 1 saturated heterocycles. The summed E-state index contributed by atoms with van der Waals surface area (Å²) in [5.41, 5.74) is 10.2. The van der Waals surface area contributed by atoms with E-state index in [-0.39, 0.29) is 42.2 Å². The minimum atomic E-state index is -0.0496. The van der Waals surface area contributed by atoms with Crippen molar-refractivity contribution in [1.82, 2.24) is 9.88 Å². The highest BCUT2D eigenvalue weighted by Crippen LogP contribution is 2.40. The van der Waals surface area contributed by atoms with Gasteiger partial charge in [-0.2, -0.15) is 0 Å². The van der Waals surface area contributed by atoms with Crippen molar-refractivity contribution < 1.29 is 4.79 Å². The number of nitrogens with zero attached hydrogens (tertiary/aromatic N) is 2. The Morgan fingerprint density at radius 1 is 1.19 bits per heavy atom. The first-order valence-electron chi connectivity index (χ1n) is 9.31. The molecular formula is C21H29Cl2N3O. The van der Waals surface area contributed by atoms with E-state index in [1.54, 1.807) is 0 Å². The van der Waals surface area contributed by atoms with E-state index in [1.807, 2.05) is 17.0 Å². The van der Waals surface area contributed by atoms with Gasteiger partial charge in [-0.3, -0.25) is 9.78 Å². The van der Waals surface area contributed by atoms with Crippen LogP contribution in [0.25, 0.3) is 10.9 Å². The molecule has 1 atom stereocenters. The van der Waals surface area contributed by atoms with Gasteiger partial charge in [0.25, 0.3) is 5.91 Å². The Balaban J connectivity index is 0.00000131. The zero-order chi connectivity index (χ0) is 17.8. The fraction of sp³-hybridized carbons (Fsp3) is 0.524. The van der Waals surface area contributed by atoms with Crippen molar-refractivity contribution in [2.75, 3.05) is 13.1 Å². The first-order valence-corrected chi connectivity index (χ1v) is 9.31. The summed E-state index contributed by atoms with van der Waals surface area (Å²) in [6.07, 6.45) is 3.23. The van der Waals surface area contributed by atoms with Crippen molar-refractivity contribution in [2.24, 2.45) is 11.1 Å². The molecule has 2 heterocycles. The minimum absolute atomic E-state index is 0. The summed E-state index contributed by atoms with van der Waals surface area (Å²) in [6.45, 7) is 7.81. The number of pyridine rings is 1. The van der Waals surface area contributed by atoms with Crippen LogP contribution in [0.5, 0.6) is 0 Å². The van der Waals surface area contributed by atoms with E-state index in [0.29, 0.717) is 12.5 Å². The Labute approximate surface area is 173 Å². The highest BCUT2D eigenvalue weighted by Gasteiger charge is 2.36. The number of rotatable bonds is 2. The van der Waals surface area contributed by atoms with Crippen LogP contribution >= 0.6 is 24.8 Å². The molecule has 1 aromatic heterocycles. The van der Waals surface area contributed by atoms with Gasteiger partial charge in [-0.15, -0.1) is 24.8 Å². The van der Waals surface area contributed by atoms with E-state index in [1.165, 1.54) is 12.8 Å². The zero-order valence-electron chi connectivity index (χ0n) is 16.2. The van der Waals surface area contributed by atoms with Gasteiger partial charge in [-0.05, 0) is 49.8 Å². The van der Waals surface area contributed by atoms with E-state index in [4.69, 9.17) is 10.7 Å². The lowest BCUT2D eigenvalue weighted by molar-refractivity contribution is 0.0534. The molecule has 2 aromatic rings. The van der Waals surface area contributed by atoms with E-state index < -0.39 is 0 Å². The van der Waals surface area contributed by atoms with Crippen molar-refractivity contribution in [3.05, 3.63) is 41.1 Å². The lowest BCUT2D eigenvalue weighted by atomic mass is 9.79. The summed E-state index contributed by atoms with van der Waals surface area (Å²) < 4.78 is 0. The predicted molar refractivity (Wildman–Crippen MR) is 115 cm³/mol. The summed E-state index contributed by atoms with van der Waals surface area (Å²) in [4.78, 5) is 20.2. The second kappa shape index (κ2) is 7.94. The SMILES string of the molecule is Cc1ccc2nc(C3CC3)cc(C(=O)N3CCC(N)C(C)(C)C3)c2c1.Cl.Cl. The van der Waals surface area contributed by atoms with Gasteiger partial charge in [0.05, 0.1) is 11.1 Å². The van der Waals surface area contributed by atoms with Crippen molar-refractivity contribution in [2.45, 2.75) is 52.0 Å². The van der Waals surface area contributed by atoms with Crippen molar-refractivity contribution in [3.8, 4) is 0 Å². The largest absolute Gasteiger partial charge is 0.338 e. The Morgan fingerprint density at radius 3 is 2.52 bits per heavy atom.